The zero-order chi connectivity index (χ0) is 18.4. The summed E-state index contributed by atoms with van der Waals surface area (Å²) in [7, 11) is 0. The van der Waals surface area contributed by atoms with Crippen molar-refractivity contribution in [3.8, 4) is 5.75 Å². The van der Waals surface area contributed by atoms with Crippen LogP contribution < -0.4 is 15.8 Å². The van der Waals surface area contributed by atoms with Crippen molar-refractivity contribution < 1.29 is 9.53 Å². The van der Waals surface area contributed by atoms with Gasteiger partial charge in [0.2, 0.25) is 5.91 Å². The second-order valence-electron chi connectivity index (χ2n) is 6.84. The average molecular weight is 353 g/mol. The first-order valence-electron chi connectivity index (χ1n) is 9.20. The van der Waals surface area contributed by atoms with Crippen molar-refractivity contribution in [2.45, 2.75) is 26.2 Å². The smallest absolute Gasteiger partial charge is 0.228 e. The number of anilines is 2. The van der Waals surface area contributed by atoms with E-state index in [0.717, 1.165) is 29.1 Å². The van der Waals surface area contributed by atoms with Gasteiger partial charge in [-0.3, -0.25) is 9.69 Å². The van der Waals surface area contributed by atoms with E-state index in [1.54, 1.807) is 12.1 Å². The van der Waals surface area contributed by atoms with E-state index in [1.165, 1.54) is 25.9 Å². The van der Waals surface area contributed by atoms with Gasteiger partial charge in [0, 0.05) is 17.9 Å². The lowest BCUT2D eigenvalue weighted by Crippen LogP contribution is -2.25. The van der Waals surface area contributed by atoms with Gasteiger partial charge in [-0.1, -0.05) is 12.1 Å². The first kappa shape index (κ1) is 18.3. The van der Waals surface area contributed by atoms with Crippen LogP contribution in [0.4, 0.5) is 11.4 Å². The van der Waals surface area contributed by atoms with Crippen molar-refractivity contribution in [1.29, 1.82) is 0 Å². The summed E-state index contributed by atoms with van der Waals surface area (Å²) in [5.41, 5.74) is 9.12. The van der Waals surface area contributed by atoms with E-state index in [4.69, 9.17) is 10.5 Å². The van der Waals surface area contributed by atoms with Crippen LogP contribution in [0.3, 0.4) is 0 Å². The van der Waals surface area contributed by atoms with Gasteiger partial charge in [-0.2, -0.15) is 0 Å². The van der Waals surface area contributed by atoms with Gasteiger partial charge < -0.3 is 15.8 Å². The molecule has 0 saturated carbocycles. The van der Waals surface area contributed by atoms with Crippen LogP contribution >= 0.6 is 0 Å². The van der Waals surface area contributed by atoms with E-state index >= 15 is 0 Å². The predicted molar refractivity (Wildman–Crippen MR) is 106 cm³/mol. The van der Waals surface area contributed by atoms with E-state index in [0.29, 0.717) is 18.7 Å². The van der Waals surface area contributed by atoms with Gasteiger partial charge in [-0.05, 0) is 74.3 Å². The molecule has 1 fully saturated rings. The fourth-order valence-electron chi connectivity index (χ4n) is 3.21. The second kappa shape index (κ2) is 8.72. The number of ether oxygens (including phenoxy) is 1. The zero-order valence-electron chi connectivity index (χ0n) is 15.3. The third-order valence-corrected chi connectivity index (χ3v) is 4.67. The SMILES string of the molecule is Cc1cc(NC(=O)Cc2ccc(N)cc2)ccc1OCCN1CCCC1. The summed E-state index contributed by atoms with van der Waals surface area (Å²) >= 11 is 0. The van der Waals surface area contributed by atoms with Crippen molar-refractivity contribution in [3.05, 3.63) is 53.6 Å². The van der Waals surface area contributed by atoms with Crippen LogP contribution in [-0.4, -0.2) is 37.0 Å². The highest BCUT2D eigenvalue weighted by Gasteiger charge is 2.11. The van der Waals surface area contributed by atoms with Crippen molar-refractivity contribution in [1.82, 2.24) is 4.90 Å². The molecule has 2 aromatic carbocycles. The Morgan fingerprint density at radius 3 is 2.58 bits per heavy atom. The van der Waals surface area contributed by atoms with E-state index < -0.39 is 0 Å². The summed E-state index contributed by atoms with van der Waals surface area (Å²) in [5.74, 6) is 0.831. The molecular weight excluding hydrogens is 326 g/mol. The van der Waals surface area contributed by atoms with E-state index in [9.17, 15) is 4.79 Å². The molecule has 26 heavy (non-hydrogen) atoms. The van der Waals surface area contributed by atoms with Crippen LogP contribution in [-0.2, 0) is 11.2 Å². The Morgan fingerprint density at radius 1 is 1.15 bits per heavy atom. The molecular formula is C21H27N3O2. The Morgan fingerprint density at radius 2 is 1.88 bits per heavy atom. The number of nitrogen functional groups attached to an aromatic ring is 1. The molecule has 1 amide bonds. The number of amides is 1. The number of benzene rings is 2. The number of likely N-dealkylation sites (tertiary alicyclic amines) is 1. The summed E-state index contributed by atoms with van der Waals surface area (Å²) in [5, 5.41) is 2.94. The molecule has 0 spiro atoms. The van der Waals surface area contributed by atoms with Gasteiger partial charge in [-0.25, -0.2) is 0 Å². The maximum atomic E-state index is 12.2. The topological polar surface area (TPSA) is 67.6 Å². The van der Waals surface area contributed by atoms with E-state index in [2.05, 4.69) is 10.2 Å². The molecule has 0 unspecified atom stereocenters. The molecule has 0 aromatic heterocycles. The number of carbonyl (C=O) groups excluding carboxylic acids is 1. The Bertz CT molecular complexity index is 737. The van der Waals surface area contributed by atoms with Crippen molar-refractivity contribution in [3.63, 3.8) is 0 Å². The summed E-state index contributed by atoms with van der Waals surface area (Å²) < 4.78 is 5.90. The van der Waals surface area contributed by atoms with Gasteiger partial charge in [0.1, 0.15) is 12.4 Å². The molecule has 5 nitrogen and oxygen atoms in total. The molecule has 0 radical (unpaired) electrons. The third kappa shape index (κ3) is 5.23. The van der Waals surface area contributed by atoms with Gasteiger partial charge in [-0.15, -0.1) is 0 Å². The number of hydrogen-bond donors (Lipinski definition) is 2. The first-order chi connectivity index (χ1) is 12.6. The van der Waals surface area contributed by atoms with E-state index in [1.807, 2.05) is 37.3 Å². The molecule has 1 saturated heterocycles. The van der Waals surface area contributed by atoms with Crippen LogP contribution in [0.15, 0.2) is 42.5 Å². The Hall–Kier alpha value is -2.53. The first-order valence-corrected chi connectivity index (χ1v) is 9.20. The Labute approximate surface area is 155 Å². The van der Waals surface area contributed by atoms with Crippen LogP contribution in [0.5, 0.6) is 5.75 Å². The van der Waals surface area contributed by atoms with Crippen LogP contribution in [0, 0.1) is 6.92 Å². The van der Waals surface area contributed by atoms with Gasteiger partial charge in [0.25, 0.3) is 0 Å². The molecule has 1 heterocycles. The number of aryl methyl sites for hydroxylation is 1. The molecule has 138 valence electrons. The van der Waals surface area contributed by atoms with Gasteiger partial charge in [0.05, 0.1) is 6.42 Å². The maximum Gasteiger partial charge on any atom is 0.228 e. The number of rotatable bonds is 7. The van der Waals surface area contributed by atoms with Gasteiger partial charge >= 0.3 is 0 Å². The number of hydrogen-bond acceptors (Lipinski definition) is 4. The number of nitrogens with two attached hydrogens (primary N) is 1. The lowest BCUT2D eigenvalue weighted by atomic mass is 10.1. The number of nitrogens with zero attached hydrogens (tertiary/aromatic N) is 1. The summed E-state index contributed by atoms with van der Waals surface area (Å²) in [6.07, 6.45) is 2.92. The summed E-state index contributed by atoms with van der Waals surface area (Å²) in [6, 6.07) is 13.1. The summed E-state index contributed by atoms with van der Waals surface area (Å²) in [6.45, 7) is 6.03. The van der Waals surface area contributed by atoms with Crippen molar-refractivity contribution in [2.75, 3.05) is 37.3 Å². The van der Waals surface area contributed by atoms with Crippen molar-refractivity contribution in [2.24, 2.45) is 0 Å². The molecule has 5 heteroatoms. The highest BCUT2D eigenvalue weighted by Crippen LogP contribution is 2.22. The van der Waals surface area contributed by atoms with Gasteiger partial charge in [0.15, 0.2) is 0 Å². The molecule has 1 aliphatic rings. The standard InChI is InChI=1S/C21H27N3O2/c1-16-14-19(23-21(25)15-17-4-6-18(22)7-5-17)8-9-20(16)26-13-12-24-10-2-3-11-24/h4-9,14H,2-3,10-13,15,22H2,1H3,(H,23,25). The predicted octanol–water partition coefficient (Wildman–Crippen LogP) is 3.23. The lowest BCUT2D eigenvalue weighted by molar-refractivity contribution is -0.115. The lowest BCUT2D eigenvalue weighted by Gasteiger charge is -2.16. The molecule has 3 rings (SSSR count). The maximum absolute atomic E-state index is 12.2. The second-order valence-corrected chi connectivity index (χ2v) is 6.84. The van der Waals surface area contributed by atoms with Crippen LogP contribution in [0.25, 0.3) is 0 Å². The molecule has 2 aromatic rings. The van der Waals surface area contributed by atoms with Crippen LogP contribution in [0.2, 0.25) is 0 Å². The monoisotopic (exact) mass is 353 g/mol. The Balaban J connectivity index is 1.49. The number of carbonyl (C=O) groups is 1. The third-order valence-electron chi connectivity index (χ3n) is 4.67. The van der Waals surface area contributed by atoms with Crippen LogP contribution in [0.1, 0.15) is 24.0 Å². The largest absolute Gasteiger partial charge is 0.492 e. The summed E-state index contributed by atoms with van der Waals surface area (Å²) in [4.78, 5) is 14.6. The quantitative estimate of drug-likeness (QED) is 0.750. The Kier molecular flexibility index (Phi) is 6.12. The molecule has 1 aliphatic heterocycles. The minimum atomic E-state index is -0.0446. The fourth-order valence-corrected chi connectivity index (χ4v) is 3.21. The molecule has 0 bridgehead atoms. The minimum Gasteiger partial charge on any atom is -0.492 e. The highest BCUT2D eigenvalue weighted by atomic mass is 16.5. The average Bonchev–Trinajstić information content (AvgIpc) is 3.12. The molecule has 0 atom stereocenters. The van der Waals surface area contributed by atoms with Crippen molar-refractivity contribution >= 4 is 17.3 Å². The highest BCUT2D eigenvalue weighted by molar-refractivity contribution is 5.92. The normalized spacial score (nSPS) is 14.3. The number of nitrogens with one attached hydrogen (secondary N) is 1. The molecule has 3 N–H and O–H groups in total. The minimum absolute atomic E-state index is 0.0446. The van der Waals surface area contributed by atoms with E-state index in [-0.39, 0.29) is 5.91 Å². The zero-order valence-corrected chi connectivity index (χ0v) is 15.3. The fraction of sp³-hybridized carbons (Fsp3) is 0.381. The molecule has 0 aliphatic carbocycles.